The van der Waals surface area contributed by atoms with Gasteiger partial charge in [-0.15, -0.1) is 0 Å². The van der Waals surface area contributed by atoms with Crippen LogP contribution >= 0.6 is 0 Å². The summed E-state index contributed by atoms with van der Waals surface area (Å²) in [6, 6.07) is 1.57. The number of nitriles is 1. The maximum Gasteiger partial charge on any atom is 0.255 e. The first-order chi connectivity index (χ1) is 6.67. The molecule has 0 aliphatic rings. The van der Waals surface area contributed by atoms with Gasteiger partial charge in [0.05, 0.1) is 17.8 Å². The highest BCUT2D eigenvalue weighted by molar-refractivity contribution is 5.94. The maximum absolute atomic E-state index is 11.5. The van der Waals surface area contributed by atoms with Crippen LogP contribution in [0.2, 0.25) is 0 Å². The van der Waals surface area contributed by atoms with Gasteiger partial charge in [0.2, 0.25) is 0 Å². The largest absolute Gasteiger partial charge is 0.336 e. The molecule has 1 atom stereocenters. The van der Waals surface area contributed by atoms with Crippen LogP contribution in [0.5, 0.6) is 0 Å². The summed E-state index contributed by atoms with van der Waals surface area (Å²) in [5.41, 5.74) is 0.473. The highest BCUT2D eigenvalue weighted by Gasteiger charge is 2.12. The van der Waals surface area contributed by atoms with Gasteiger partial charge in [-0.2, -0.15) is 10.4 Å². The molecule has 0 saturated heterocycles. The molecule has 0 radical (unpaired) electrons. The number of rotatable bonds is 3. The van der Waals surface area contributed by atoms with Crippen LogP contribution in [-0.2, 0) is 7.05 Å². The van der Waals surface area contributed by atoms with Gasteiger partial charge in [0.15, 0.2) is 0 Å². The third-order valence-electron chi connectivity index (χ3n) is 1.84. The highest BCUT2D eigenvalue weighted by Crippen LogP contribution is 1.97. The second-order valence-corrected chi connectivity index (χ2v) is 2.97. The molecule has 1 rings (SSSR count). The first-order valence-electron chi connectivity index (χ1n) is 4.36. The fourth-order valence-corrected chi connectivity index (χ4v) is 1.01. The number of nitrogens with zero attached hydrogens (tertiary/aromatic N) is 3. The van der Waals surface area contributed by atoms with Gasteiger partial charge in [0.25, 0.3) is 5.91 Å². The molecule has 0 aromatic carbocycles. The van der Waals surface area contributed by atoms with Crippen LogP contribution in [0.1, 0.15) is 23.7 Å². The Morgan fingerprint density at radius 1 is 1.86 bits per heavy atom. The van der Waals surface area contributed by atoms with Gasteiger partial charge in [-0.3, -0.25) is 9.48 Å². The van der Waals surface area contributed by atoms with Gasteiger partial charge in [0.1, 0.15) is 6.04 Å². The number of carbonyl (C=O) groups excluding carboxylic acids is 1. The minimum absolute atomic E-state index is 0.258. The molecule has 0 aliphatic carbocycles. The number of carbonyl (C=O) groups is 1. The second-order valence-electron chi connectivity index (χ2n) is 2.97. The van der Waals surface area contributed by atoms with E-state index in [1.54, 1.807) is 17.9 Å². The fourth-order valence-electron chi connectivity index (χ4n) is 1.01. The van der Waals surface area contributed by atoms with Crippen LogP contribution in [0, 0.1) is 11.3 Å². The van der Waals surface area contributed by atoms with Crippen molar-refractivity contribution in [3.8, 4) is 6.07 Å². The molecule has 5 heteroatoms. The van der Waals surface area contributed by atoms with Crippen molar-refractivity contribution in [1.29, 1.82) is 5.26 Å². The molecule has 0 saturated carbocycles. The lowest BCUT2D eigenvalue weighted by atomic mass is 10.2. The summed E-state index contributed by atoms with van der Waals surface area (Å²) in [5, 5.41) is 15.1. The van der Waals surface area contributed by atoms with Crippen molar-refractivity contribution >= 4 is 5.91 Å². The molecule has 0 spiro atoms. The Labute approximate surface area is 82.3 Å². The molecule has 14 heavy (non-hydrogen) atoms. The van der Waals surface area contributed by atoms with Crippen LogP contribution in [0.4, 0.5) is 0 Å². The van der Waals surface area contributed by atoms with Crippen LogP contribution in [0.15, 0.2) is 12.4 Å². The van der Waals surface area contributed by atoms with Crippen molar-refractivity contribution in [1.82, 2.24) is 15.1 Å². The van der Waals surface area contributed by atoms with E-state index in [-0.39, 0.29) is 5.91 Å². The molecular weight excluding hydrogens is 180 g/mol. The van der Waals surface area contributed by atoms with E-state index < -0.39 is 6.04 Å². The molecule has 1 N–H and O–H groups in total. The monoisotopic (exact) mass is 192 g/mol. The molecule has 0 fully saturated rings. The average Bonchev–Trinajstić information content (AvgIpc) is 2.61. The van der Waals surface area contributed by atoms with Crippen molar-refractivity contribution in [2.45, 2.75) is 19.4 Å². The zero-order valence-corrected chi connectivity index (χ0v) is 8.19. The Morgan fingerprint density at radius 3 is 3.00 bits per heavy atom. The van der Waals surface area contributed by atoms with Crippen LogP contribution in [0.3, 0.4) is 0 Å². The third kappa shape index (κ3) is 2.33. The van der Waals surface area contributed by atoms with Crippen LogP contribution in [0.25, 0.3) is 0 Å². The lowest BCUT2D eigenvalue weighted by Gasteiger charge is -2.06. The summed E-state index contributed by atoms with van der Waals surface area (Å²) in [5.74, 6) is -0.258. The normalized spacial score (nSPS) is 11.8. The number of aryl methyl sites for hydroxylation is 1. The lowest BCUT2D eigenvalue weighted by molar-refractivity contribution is 0.0944. The Hall–Kier alpha value is -1.83. The van der Waals surface area contributed by atoms with Gasteiger partial charge in [0, 0.05) is 13.2 Å². The minimum atomic E-state index is -0.428. The topological polar surface area (TPSA) is 70.7 Å². The van der Waals surface area contributed by atoms with E-state index >= 15 is 0 Å². The summed E-state index contributed by atoms with van der Waals surface area (Å²) in [6.07, 6.45) is 3.68. The first kappa shape index (κ1) is 10.3. The van der Waals surface area contributed by atoms with Crippen molar-refractivity contribution in [2.24, 2.45) is 7.05 Å². The van der Waals surface area contributed by atoms with E-state index in [0.717, 1.165) is 0 Å². The molecule has 1 aromatic rings. The molecular formula is C9H12N4O. The Bertz CT molecular complexity index is 363. The number of aromatic nitrogens is 2. The summed E-state index contributed by atoms with van der Waals surface area (Å²) in [4.78, 5) is 11.5. The van der Waals surface area contributed by atoms with E-state index in [0.29, 0.717) is 12.0 Å². The quantitative estimate of drug-likeness (QED) is 0.755. The predicted octanol–water partition coefficient (Wildman–Crippen LogP) is 0.452. The molecule has 1 aromatic heterocycles. The summed E-state index contributed by atoms with van der Waals surface area (Å²) >= 11 is 0. The molecule has 5 nitrogen and oxygen atoms in total. The number of hydrogen-bond donors (Lipinski definition) is 1. The van der Waals surface area contributed by atoms with Crippen molar-refractivity contribution in [3.05, 3.63) is 18.0 Å². The van der Waals surface area contributed by atoms with E-state index in [1.165, 1.54) is 6.20 Å². The van der Waals surface area contributed by atoms with E-state index in [1.807, 2.05) is 13.0 Å². The van der Waals surface area contributed by atoms with E-state index in [2.05, 4.69) is 10.4 Å². The Morgan fingerprint density at radius 2 is 2.57 bits per heavy atom. The first-order valence-corrected chi connectivity index (χ1v) is 4.36. The van der Waals surface area contributed by atoms with Gasteiger partial charge < -0.3 is 5.32 Å². The SMILES string of the molecule is CCC(C#N)NC(=O)c1cnn(C)c1. The maximum atomic E-state index is 11.5. The third-order valence-corrected chi connectivity index (χ3v) is 1.84. The molecule has 1 heterocycles. The van der Waals surface area contributed by atoms with Gasteiger partial charge in [-0.05, 0) is 6.42 Å². The predicted molar refractivity (Wildman–Crippen MR) is 50.4 cm³/mol. The molecule has 74 valence electrons. The smallest absolute Gasteiger partial charge is 0.255 e. The van der Waals surface area contributed by atoms with Gasteiger partial charge in [-0.25, -0.2) is 0 Å². The average molecular weight is 192 g/mol. The molecule has 1 amide bonds. The van der Waals surface area contributed by atoms with Gasteiger partial charge in [-0.1, -0.05) is 6.92 Å². The standard InChI is InChI=1S/C9H12N4O/c1-3-8(4-10)12-9(14)7-5-11-13(2)6-7/h5-6,8H,3H2,1-2H3,(H,12,14). The van der Waals surface area contributed by atoms with Crippen molar-refractivity contribution in [3.63, 3.8) is 0 Å². The number of hydrogen-bond acceptors (Lipinski definition) is 3. The Balaban J connectivity index is 2.64. The van der Waals surface area contributed by atoms with Gasteiger partial charge >= 0.3 is 0 Å². The van der Waals surface area contributed by atoms with Crippen molar-refractivity contribution in [2.75, 3.05) is 0 Å². The highest BCUT2D eigenvalue weighted by atomic mass is 16.1. The van der Waals surface area contributed by atoms with E-state index in [4.69, 9.17) is 5.26 Å². The summed E-state index contributed by atoms with van der Waals surface area (Å²) in [6.45, 7) is 1.84. The van der Waals surface area contributed by atoms with Crippen LogP contribution < -0.4 is 5.32 Å². The molecule has 0 aliphatic heterocycles. The molecule has 1 unspecified atom stereocenters. The summed E-state index contributed by atoms with van der Waals surface area (Å²) < 4.78 is 1.54. The molecule has 0 bridgehead atoms. The summed E-state index contributed by atoms with van der Waals surface area (Å²) in [7, 11) is 1.73. The fraction of sp³-hybridized carbons (Fsp3) is 0.444. The Kier molecular flexibility index (Phi) is 3.24. The van der Waals surface area contributed by atoms with Crippen LogP contribution in [-0.4, -0.2) is 21.7 Å². The zero-order valence-electron chi connectivity index (χ0n) is 8.19. The second kappa shape index (κ2) is 4.42. The lowest BCUT2D eigenvalue weighted by Crippen LogP contribution is -2.32. The zero-order chi connectivity index (χ0) is 10.6. The van der Waals surface area contributed by atoms with E-state index in [9.17, 15) is 4.79 Å². The van der Waals surface area contributed by atoms with Crippen molar-refractivity contribution < 1.29 is 4.79 Å². The minimum Gasteiger partial charge on any atom is -0.336 e. The number of amides is 1. The number of nitrogens with one attached hydrogen (secondary N) is 1.